The van der Waals surface area contributed by atoms with E-state index in [1.54, 1.807) is 16.2 Å². The first-order valence-electron chi connectivity index (χ1n) is 6.90. The highest BCUT2D eigenvalue weighted by atomic mass is 127. The lowest BCUT2D eigenvalue weighted by molar-refractivity contribution is 0.299. The second kappa shape index (κ2) is 6.08. The highest BCUT2D eigenvalue weighted by Crippen LogP contribution is 2.47. The quantitative estimate of drug-likeness (QED) is 0.502. The van der Waals surface area contributed by atoms with Crippen LogP contribution in [0.2, 0.25) is 0 Å². The van der Waals surface area contributed by atoms with Crippen LogP contribution in [0.15, 0.2) is 19.0 Å². The topological polar surface area (TPSA) is 36.3 Å². The van der Waals surface area contributed by atoms with E-state index < -0.39 is 0 Å². The third kappa shape index (κ3) is 2.63. The number of hydrogen-bond donors (Lipinski definition) is 0. The van der Waals surface area contributed by atoms with Crippen molar-refractivity contribution >= 4 is 47.0 Å². The second-order valence-electron chi connectivity index (χ2n) is 5.01. The summed E-state index contributed by atoms with van der Waals surface area (Å²) in [7, 11) is 3.25. The van der Waals surface area contributed by atoms with Crippen LogP contribution in [0.3, 0.4) is 0 Å². The van der Waals surface area contributed by atoms with Gasteiger partial charge >= 0.3 is 0 Å². The first-order valence-corrected chi connectivity index (χ1v) is 10.2. The molecule has 1 fully saturated rings. The van der Waals surface area contributed by atoms with E-state index in [1.165, 1.54) is 23.8 Å². The molecular formula is C15H17IN2O2S. The predicted octanol–water partition coefficient (Wildman–Crippen LogP) is 4.78. The standard InChI is InChI=1S/C15H17IN2O2S/c1-4-20-9(2)12-8-18(21-16)14-13(12)11(10-5-6-10)7-17-15(14)19-3/h7-8,10H,2,4-6H2,1,3H3. The van der Waals surface area contributed by atoms with Gasteiger partial charge in [-0.2, -0.15) is 0 Å². The lowest BCUT2D eigenvalue weighted by Gasteiger charge is -2.10. The molecule has 2 aromatic rings. The van der Waals surface area contributed by atoms with Crippen LogP contribution in [-0.4, -0.2) is 22.7 Å². The lowest BCUT2D eigenvalue weighted by atomic mass is 10.0. The maximum atomic E-state index is 5.64. The zero-order valence-corrected chi connectivity index (χ0v) is 15.0. The molecule has 0 bridgehead atoms. The number of nitrogens with zero attached hydrogens (tertiary/aromatic N) is 2. The molecule has 0 atom stereocenters. The summed E-state index contributed by atoms with van der Waals surface area (Å²) >= 11 is 2.26. The Kier molecular flexibility index (Phi) is 4.35. The molecule has 21 heavy (non-hydrogen) atoms. The van der Waals surface area contributed by atoms with Gasteiger partial charge in [0.05, 0.1) is 13.7 Å². The normalized spacial score (nSPS) is 14.4. The highest BCUT2D eigenvalue weighted by molar-refractivity contribution is 14.2. The highest BCUT2D eigenvalue weighted by Gasteiger charge is 2.30. The Bertz CT molecular complexity index is 695. The van der Waals surface area contributed by atoms with Crippen LogP contribution >= 0.6 is 30.3 Å². The summed E-state index contributed by atoms with van der Waals surface area (Å²) in [5.74, 6) is 1.96. The van der Waals surface area contributed by atoms with Gasteiger partial charge in [0.1, 0.15) is 11.3 Å². The van der Waals surface area contributed by atoms with E-state index in [4.69, 9.17) is 9.47 Å². The molecule has 0 N–H and O–H groups in total. The van der Waals surface area contributed by atoms with Crippen LogP contribution in [0.1, 0.15) is 36.8 Å². The van der Waals surface area contributed by atoms with Crippen molar-refractivity contribution in [1.82, 2.24) is 8.96 Å². The predicted molar refractivity (Wildman–Crippen MR) is 95.9 cm³/mol. The summed E-state index contributed by atoms with van der Waals surface area (Å²) in [6, 6.07) is 0. The number of ether oxygens (including phenoxy) is 2. The van der Waals surface area contributed by atoms with Crippen molar-refractivity contribution in [3.63, 3.8) is 0 Å². The molecule has 1 aliphatic carbocycles. The van der Waals surface area contributed by atoms with Gasteiger partial charge < -0.3 is 9.47 Å². The molecular weight excluding hydrogens is 399 g/mol. The van der Waals surface area contributed by atoms with Crippen molar-refractivity contribution in [3.8, 4) is 5.88 Å². The average molecular weight is 416 g/mol. The van der Waals surface area contributed by atoms with Crippen molar-refractivity contribution in [3.05, 3.63) is 30.1 Å². The molecule has 0 aromatic carbocycles. The number of fused-ring (bicyclic) bond motifs is 1. The van der Waals surface area contributed by atoms with E-state index in [0.29, 0.717) is 24.2 Å². The smallest absolute Gasteiger partial charge is 0.239 e. The molecule has 0 spiro atoms. The summed E-state index contributed by atoms with van der Waals surface area (Å²) in [5, 5.41) is 1.17. The molecule has 2 heterocycles. The molecule has 0 radical (unpaired) electrons. The van der Waals surface area contributed by atoms with Crippen LogP contribution < -0.4 is 4.74 Å². The van der Waals surface area contributed by atoms with Gasteiger partial charge in [0, 0.05) is 53.7 Å². The number of rotatable bonds is 6. The van der Waals surface area contributed by atoms with Gasteiger partial charge in [-0.3, -0.25) is 3.97 Å². The fourth-order valence-corrected chi connectivity index (χ4v) is 3.92. The molecule has 0 amide bonds. The van der Waals surface area contributed by atoms with Gasteiger partial charge in [-0.05, 0) is 31.2 Å². The van der Waals surface area contributed by atoms with E-state index in [2.05, 4.69) is 42.9 Å². The van der Waals surface area contributed by atoms with Gasteiger partial charge in [-0.1, -0.05) is 6.58 Å². The van der Waals surface area contributed by atoms with E-state index in [0.717, 1.165) is 11.1 Å². The van der Waals surface area contributed by atoms with E-state index in [-0.39, 0.29) is 0 Å². The number of methoxy groups -OCH3 is 1. The van der Waals surface area contributed by atoms with Gasteiger partial charge in [0.15, 0.2) is 0 Å². The first-order chi connectivity index (χ1) is 10.2. The maximum absolute atomic E-state index is 5.64. The largest absolute Gasteiger partial charge is 0.494 e. The zero-order chi connectivity index (χ0) is 15.0. The van der Waals surface area contributed by atoms with Gasteiger partial charge in [0.2, 0.25) is 5.88 Å². The molecule has 112 valence electrons. The minimum atomic E-state index is 0.606. The number of hydrogen-bond acceptors (Lipinski definition) is 4. The van der Waals surface area contributed by atoms with E-state index in [9.17, 15) is 0 Å². The van der Waals surface area contributed by atoms with Crippen LogP contribution in [0, 0.1) is 0 Å². The van der Waals surface area contributed by atoms with Gasteiger partial charge in [-0.25, -0.2) is 4.98 Å². The van der Waals surface area contributed by atoms with E-state index in [1.807, 2.05) is 13.1 Å². The Morgan fingerprint density at radius 2 is 2.33 bits per heavy atom. The van der Waals surface area contributed by atoms with Crippen LogP contribution in [0.4, 0.5) is 0 Å². The molecule has 0 saturated heterocycles. The molecule has 1 aliphatic rings. The van der Waals surface area contributed by atoms with Crippen molar-refractivity contribution in [1.29, 1.82) is 0 Å². The monoisotopic (exact) mass is 416 g/mol. The van der Waals surface area contributed by atoms with Crippen LogP contribution in [0.5, 0.6) is 5.88 Å². The lowest BCUT2D eigenvalue weighted by Crippen LogP contribution is -1.95. The number of pyridine rings is 1. The molecule has 1 saturated carbocycles. The molecule has 3 rings (SSSR count). The zero-order valence-electron chi connectivity index (χ0n) is 12.1. The summed E-state index contributed by atoms with van der Waals surface area (Å²) in [6.45, 7) is 6.67. The third-order valence-electron chi connectivity index (χ3n) is 3.69. The van der Waals surface area contributed by atoms with Gasteiger partial charge in [-0.15, -0.1) is 0 Å². The molecule has 2 aromatic heterocycles. The van der Waals surface area contributed by atoms with Crippen molar-refractivity contribution in [2.45, 2.75) is 25.7 Å². The van der Waals surface area contributed by atoms with Crippen LogP contribution in [-0.2, 0) is 4.74 Å². The van der Waals surface area contributed by atoms with E-state index >= 15 is 0 Å². The Morgan fingerprint density at radius 1 is 1.57 bits per heavy atom. The van der Waals surface area contributed by atoms with Crippen molar-refractivity contribution in [2.75, 3.05) is 13.7 Å². The van der Waals surface area contributed by atoms with Crippen molar-refractivity contribution in [2.24, 2.45) is 0 Å². The van der Waals surface area contributed by atoms with Crippen LogP contribution in [0.25, 0.3) is 16.7 Å². The first kappa shape index (κ1) is 15.0. The summed E-state index contributed by atoms with van der Waals surface area (Å²) < 4.78 is 13.2. The second-order valence-corrected chi connectivity index (χ2v) is 6.73. The summed E-state index contributed by atoms with van der Waals surface area (Å²) in [5.41, 5.74) is 3.33. The minimum absolute atomic E-state index is 0.606. The maximum Gasteiger partial charge on any atom is 0.239 e. The molecule has 4 nitrogen and oxygen atoms in total. The Balaban J connectivity index is 2.29. The third-order valence-corrected chi connectivity index (χ3v) is 5.40. The summed E-state index contributed by atoms with van der Waals surface area (Å²) in [4.78, 5) is 4.48. The fourth-order valence-electron chi connectivity index (χ4n) is 2.60. The minimum Gasteiger partial charge on any atom is -0.494 e. The van der Waals surface area contributed by atoms with Gasteiger partial charge in [0.25, 0.3) is 0 Å². The van der Waals surface area contributed by atoms with Crippen molar-refractivity contribution < 1.29 is 9.47 Å². The molecule has 6 heteroatoms. The SMILES string of the molecule is C=C(OCC)c1cn(SI)c2c(OC)ncc(C3CC3)c12. The number of halogens is 1. The number of aromatic nitrogens is 2. The Hall–Kier alpha value is -0.890. The summed E-state index contributed by atoms with van der Waals surface area (Å²) in [6.07, 6.45) is 6.47. The Labute approximate surface area is 140 Å². The Morgan fingerprint density at radius 3 is 2.90 bits per heavy atom. The molecule has 0 unspecified atom stereocenters. The molecule has 0 aliphatic heterocycles. The fraction of sp³-hybridized carbons (Fsp3) is 0.400. The average Bonchev–Trinajstić information content (AvgIpc) is 3.26.